The molecular formula is C15H16ClNO3S. The van der Waals surface area contributed by atoms with Gasteiger partial charge in [-0.1, -0.05) is 23.8 Å². The smallest absolute Gasteiger partial charge is 0.277 e. The summed E-state index contributed by atoms with van der Waals surface area (Å²) < 4.78 is 22.8. The number of allylic oxidation sites excluding steroid dienone is 3. The Morgan fingerprint density at radius 3 is 2.48 bits per heavy atom. The SMILES string of the molecule is CC1=CC=C(C(Cl)c2cc(C)ccc2C)C(=S(=O)=O)[NH+]1[O-]. The highest BCUT2D eigenvalue weighted by Gasteiger charge is 2.29. The lowest BCUT2D eigenvalue weighted by molar-refractivity contribution is -0.698. The molecule has 1 aliphatic heterocycles. The van der Waals surface area contributed by atoms with Gasteiger partial charge in [-0.3, -0.25) is 5.06 Å². The Balaban J connectivity index is 2.59. The van der Waals surface area contributed by atoms with Crippen LogP contribution in [0.5, 0.6) is 0 Å². The number of hydrogen-bond donors (Lipinski definition) is 1. The fraction of sp³-hybridized carbons (Fsp3) is 0.267. The number of nitrogens with one attached hydrogen (secondary N) is 1. The van der Waals surface area contributed by atoms with E-state index in [0.29, 0.717) is 11.3 Å². The second kappa shape index (κ2) is 6.15. The van der Waals surface area contributed by atoms with E-state index in [4.69, 9.17) is 11.6 Å². The highest BCUT2D eigenvalue weighted by atomic mass is 35.5. The maximum absolute atomic E-state index is 12.1. The van der Waals surface area contributed by atoms with Gasteiger partial charge in [0.05, 0.1) is 11.0 Å². The van der Waals surface area contributed by atoms with Crippen molar-refractivity contribution in [1.29, 1.82) is 0 Å². The molecule has 2 rings (SSSR count). The van der Waals surface area contributed by atoms with Crippen LogP contribution in [0.3, 0.4) is 0 Å². The Labute approximate surface area is 130 Å². The summed E-state index contributed by atoms with van der Waals surface area (Å²) in [5.74, 6) is 0. The first-order valence-electron chi connectivity index (χ1n) is 6.44. The predicted octanol–water partition coefficient (Wildman–Crippen LogP) is 1.82. The quantitative estimate of drug-likeness (QED) is 0.512. The monoisotopic (exact) mass is 325 g/mol. The van der Waals surface area contributed by atoms with Gasteiger partial charge in [-0.2, -0.15) is 8.42 Å². The van der Waals surface area contributed by atoms with E-state index in [1.54, 1.807) is 19.1 Å². The molecule has 112 valence electrons. The summed E-state index contributed by atoms with van der Waals surface area (Å²) in [4.78, 5) is -0.240. The van der Waals surface area contributed by atoms with Gasteiger partial charge in [0.2, 0.25) is 0 Å². The van der Waals surface area contributed by atoms with Crippen LogP contribution < -0.4 is 5.06 Å². The number of rotatable bonds is 2. The summed E-state index contributed by atoms with van der Waals surface area (Å²) in [7, 11) is -2.62. The second-order valence-corrected chi connectivity index (χ2v) is 6.40. The molecule has 0 saturated carbocycles. The maximum atomic E-state index is 12.1. The van der Waals surface area contributed by atoms with Crippen LogP contribution in [0, 0.1) is 19.1 Å². The molecule has 4 nitrogen and oxygen atoms in total. The van der Waals surface area contributed by atoms with E-state index in [9.17, 15) is 13.6 Å². The van der Waals surface area contributed by atoms with Gasteiger partial charge in [-0.15, -0.1) is 11.6 Å². The van der Waals surface area contributed by atoms with E-state index in [0.717, 1.165) is 16.7 Å². The van der Waals surface area contributed by atoms with Gasteiger partial charge in [0.1, 0.15) is 5.70 Å². The molecule has 1 aromatic rings. The van der Waals surface area contributed by atoms with Crippen molar-refractivity contribution in [2.75, 3.05) is 0 Å². The minimum absolute atomic E-state index is 0.240. The van der Waals surface area contributed by atoms with Crippen molar-refractivity contribution in [3.05, 3.63) is 63.5 Å². The number of hydroxylamine groups is 2. The first-order chi connectivity index (χ1) is 9.82. The highest BCUT2D eigenvalue weighted by molar-refractivity contribution is 7.73. The van der Waals surface area contributed by atoms with Gasteiger partial charge in [0.25, 0.3) is 15.3 Å². The predicted molar refractivity (Wildman–Crippen MR) is 84.6 cm³/mol. The molecule has 0 aromatic heterocycles. The van der Waals surface area contributed by atoms with Crippen molar-refractivity contribution >= 4 is 26.9 Å². The molecule has 6 heteroatoms. The zero-order valence-electron chi connectivity index (χ0n) is 12.0. The zero-order valence-corrected chi connectivity index (χ0v) is 13.5. The van der Waals surface area contributed by atoms with Crippen LogP contribution in [0.25, 0.3) is 0 Å². The molecule has 1 N–H and O–H groups in total. The minimum atomic E-state index is -2.62. The highest BCUT2D eigenvalue weighted by Crippen LogP contribution is 2.32. The summed E-state index contributed by atoms with van der Waals surface area (Å²) in [5.41, 5.74) is 3.51. The standard InChI is InChI=1S/C15H16ClNO3S/c1-9-4-5-10(2)13(8-9)14(16)12-7-6-11(3)17(18)15(12)21(19)20/h4-8,14,17H,1-3H3. The van der Waals surface area contributed by atoms with E-state index in [2.05, 4.69) is 0 Å². The van der Waals surface area contributed by atoms with Crippen LogP contribution in [-0.2, 0) is 10.3 Å². The number of quaternary nitrogens is 1. The van der Waals surface area contributed by atoms with Crippen LogP contribution >= 0.6 is 11.6 Å². The number of benzene rings is 1. The molecule has 0 bridgehead atoms. The summed E-state index contributed by atoms with van der Waals surface area (Å²) in [6.45, 7) is 5.43. The number of hydrogen-bond acceptors (Lipinski definition) is 3. The van der Waals surface area contributed by atoms with Crippen LogP contribution in [0.1, 0.15) is 29.0 Å². The van der Waals surface area contributed by atoms with Crippen molar-refractivity contribution in [2.24, 2.45) is 0 Å². The zero-order chi connectivity index (χ0) is 15.7. The molecule has 0 saturated heterocycles. The first kappa shape index (κ1) is 16.0. The third-order valence-corrected chi connectivity index (χ3v) is 4.71. The molecule has 1 aliphatic rings. The van der Waals surface area contributed by atoms with Crippen LogP contribution in [0.4, 0.5) is 0 Å². The molecule has 21 heavy (non-hydrogen) atoms. The summed E-state index contributed by atoms with van der Waals surface area (Å²) >= 11 is 6.47. The maximum Gasteiger partial charge on any atom is 0.277 e. The topological polar surface area (TPSA) is 61.6 Å². The summed E-state index contributed by atoms with van der Waals surface area (Å²) in [5, 5.41) is 10.9. The number of aryl methyl sites for hydroxylation is 2. The van der Waals surface area contributed by atoms with Crippen molar-refractivity contribution in [3.63, 3.8) is 0 Å². The lowest BCUT2D eigenvalue weighted by atomic mass is 9.96. The molecule has 0 radical (unpaired) electrons. The van der Waals surface area contributed by atoms with Crippen molar-refractivity contribution in [1.82, 2.24) is 0 Å². The molecule has 2 unspecified atom stereocenters. The number of halogens is 1. The van der Waals surface area contributed by atoms with E-state index < -0.39 is 20.7 Å². The summed E-state index contributed by atoms with van der Waals surface area (Å²) in [6, 6.07) is 5.80. The largest absolute Gasteiger partial charge is 0.623 e. The number of alkyl halides is 1. The Morgan fingerprint density at radius 2 is 1.86 bits per heavy atom. The normalized spacial score (nSPS) is 19.9. The fourth-order valence-electron chi connectivity index (χ4n) is 2.25. The summed E-state index contributed by atoms with van der Waals surface area (Å²) in [6.07, 6.45) is 3.22. The third-order valence-electron chi connectivity index (χ3n) is 3.49. The first-order valence-corrected chi connectivity index (χ1v) is 7.95. The van der Waals surface area contributed by atoms with Gasteiger partial charge in [0.15, 0.2) is 0 Å². The second-order valence-electron chi connectivity index (χ2n) is 5.09. The van der Waals surface area contributed by atoms with Crippen LogP contribution in [-0.4, -0.2) is 13.4 Å². The van der Waals surface area contributed by atoms with Gasteiger partial charge >= 0.3 is 0 Å². The molecule has 1 heterocycles. The average molecular weight is 326 g/mol. The molecule has 0 spiro atoms. The van der Waals surface area contributed by atoms with Gasteiger partial charge in [-0.25, -0.2) is 0 Å². The Kier molecular flexibility index (Phi) is 4.68. The van der Waals surface area contributed by atoms with E-state index in [-0.39, 0.29) is 4.99 Å². The molecule has 2 atom stereocenters. The fourth-order valence-corrected chi connectivity index (χ4v) is 3.42. The van der Waals surface area contributed by atoms with Gasteiger partial charge in [-0.05, 0) is 37.1 Å². The van der Waals surface area contributed by atoms with Crippen LogP contribution in [0.15, 0.2) is 41.6 Å². The van der Waals surface area contributed by atoms with Crippen molar-refractivity contribution < 1.29 is 13.5 Å². The molecule has 0 aliphatic carbocycles. The third kappa shape index (κ3) is 3.11. The van der Waals surface area contributed by atoms with Gasteiger partial charge < -0.3 is 5.21 Å². The van der Waals surface area contributed by atoms with E-state index in [1.165, 1.54) is 0 Å². The Bertz CT molecular complexity index is 770. The Morgan fingerprint density at radius 1 is 1.19 bits per heavy atom. The van der Waals surface area contributed by atoms with E-state index in [1.807, 2.05) is 32.0 Å². The van der Waals surface area contributed by atoms with Gasteiger partial charge in [0, 0.05) is 6.92 Å². The lowest BCUT2D eigenvalue weighted by Crippen LogP contribution is -3.08. The van der Waals surface area contributed by atoms with Crippen molar-refractivity contribution in [2.45, 2.75) is 26.1 Å². The van der Waals surface area contributed by atoms with E-state index >= 15 is 0 Å². The Hall–Kier alpha value is -1.40. The lowest BCUT2D eigenvalue weighted by Gasteiger charge is -2.28. The minimum Gasteiger partial charge on any atom is -0.623 e. The molecular weight excluding hydrogens is 310 g/mol. The molecule has 1 aromatic carbocycles. The molecule has 0 amide bonds. The average Bonchev–Trinajstić information content (AvgIpc) is 2.43. The van der Waals surface area contributed by atoms with Crippen molar-refractivity contribution in [3.8, 4) is 0 Å². The molecule has 0 fully saturated rings. The van der Waals surface area contributed by atoms with Crippen LogP contribution in [0.2, 0.25) is 0 Å².